The largest absolute Gasteiger partial charge is 0.493 e. The van der Waals surface area contributed by atoms with Crippen molar-refractivity contribution < 1.29 is 9.84 Å². The van der Waals surface area contributed by atoms with Crippen LogP contribution in [0.5, 0.6) is 5.75 Å². The number of hydrogen-bond acceptors (Lipinski definition) is 4. The Morgan fingerprint density at radius 1 is 1.40 bits per heavy atom. The fraction of sp³-hybridized carbons (Fsp3) is 0.467. The number of rotatable bonds is 7. The number of nitrogens with zero attached hydrogens (tertiary/aromatic N) is 3. The highest BCUT2D eigenvalue weighted by molar-refractivity contribution is 5.27. The number of benzene rings is 1. The standard InChI is InChI=1S/C15H21N3O2/c1-3-18-15(16-11-17-18)10-13(19)7-8-20-14-6-4-5-12(2)9-14/h4-6,9,11,13,19H,3,7-8,10H2,1-2H3. The van der Waals surface area contributed by atoms with Crippen LogP contribution >= 0.6 is 0 Å². The van der Waals surface area contributed by atoms with E-state index in [9.17, 15) is 5.11 Å². The molecule has 1 unspecified atom stereocenters. The molecule has 0 radical (unpaired) electrons. The van der Waals surface area contributed by atoms with Crippen molar-refractivity contribution in [3.8, 4) is 5.75 Å². The van der Waals surface area contributed by atoms with E-state index < -0.39 is 6.10 Å². The molecule has 0 saturated heterocycles. The molecule has 1 aromatic carbocycles. The van der Waals surface area contributed by atoms with E-state index in [1.165, 1.54) is 11.9 Å². The fourth-order valence-electron chi connectivity index (χ4n) is 2.04. The second-order valence-corrected chi connectivity index (χ2v) is 4.80. The highest BCUT2D eigenvalue weighted by Gasteiger charge is 2.10. The Hall–Kier alpha value is -1.88. The predicted molar refractivity (Wildman–Crippen MR) is 76.7 cm³/mol. The summed E-state index contributed by atoms with van der Waals surface area (Å²) in [5.74, 6) is 1.66. The SMILES string of the molecule is CCn1ncnc1CC(O)CCOc1cccc(C)c1. The lowest BCUT2D eigenvalue weighted by Crippen LogP contribution is -2.18. The summed E-state index contributed by atoms with van der Waals surface area (Å²) >= 11 is 0. The summed E-state index contributed by atoms with van der Waals surface area (Å²) < 4.78 is 7.43. The third-order valence-corrected chi connectivity index (χ3v) is 3.12. The molecule has 20 heavy (non-hydrogen) atoms. The number of aliphatic hydroxyl groups is 1. The lowest BCUT2D eigenvalue weighted by molar-refractivity contribution is 0.136. The van der Waals surface area contributed by atoms with E-state index in [4.69, 9.17) is 4.74 Å². The second-order valence-electron chi connectivity index (χ2n) is 4.80. The topological polar surface area (TPSA) is 60.2 Å². The predicted octanol–water partition coefficient (Wildman–Crippen LogP) is 1.98. The minimum atomic E-state index is -0.464. The zero-order chi connectivity index (χ0) is 14.4. The zero-order valence-corrected chi connectivity index (χ0v) is 12.0. The fourth-order valence-corrected chi connectivity index (χ4v) is 2.04. The Bertz CT molecular complexity index is 539. The van der Waals surface area contributed by atoms with E-state index in [2.05, 4.69) is 10.1 Å². The quantitative estimate of drug-likeness (QED) is 0.839. The summed E-state index contributed by atoms with van der Waals surface area (Å²) in [4.78, 5) is 4.16. The van der Waals surface area contributed by atoms with Crippen LogP contribution in [0.4, 0.5) is 0 Å². The van der Waals surface area contributed by atoms with E-state index in [0.29, 0.717) is 19.4 Å². The van der Waals surface area contributed by atoms with E-state index >= 15 is 0 Å². The van der Waals surface area contributed by atoms with Crippen LogP contribution in [0.15, 0.2) is 30.6 Å². The molecule has 108 valence electrons. The Kier molecular flexibility index (Phi) is 5.12. The molecule has 0 bridgehead atoms. The molecule has 0 amide bonds. The molecule has 0 aliphatic carbocycles. The van der Waals surface area contributed by atoms with Crippen molar-refractivity contribution in [2.75, 3.05) is 6.61 Å². The molecule has 0 aliphatic rings. The van der Waals surface area contributed by atoms with Gasteiger partial charge in [-0.3, -0.25) is 4.68 Å². The van der Waals surface area contributed by atoms with Crippen molar-refractivity contribution in [1.82, 2.24) is 14.8 Å². The van der Waals surface area contributed by atoms with Crippen molar-refractivity contribution in [1.29, 1.82) is 0 Å². The van der Waals surface area contributed by atoms with Crippen molar-refractivity contribution in [3.63, 3.8) is 0 Å². The van der Waals surface area contributed by atoms with Gasteiger partial charge in [-0.15, -0.1) is 0 Å². The highest BCUT2D eigenvalue weighted by atomic mass is 16.5. The van der Waals surface area contributed by atoms with Gasteiger partial charge >= 0.3 is 0 Å². The van der Waals surface area contributed by atoms with Gasteiger partial charge in [-0.25, -0.2) is 4.98 Å². The van der Waals surface area contributed by atoms with Crippen molar-refractivity contribution in [3.05, 3.63) is 42.0 Å². The van der Waals surface area contributed by atoms with Crippen LogP contribution in [-0.4, -0.2) is 32.6 Å². The molecule has 0 aliphatic heterocycles. The Balaban J connectivity index is 1.76. The third kappa shape index (κ3) is 4.06. The molecule has 1 atom stereocenters. The highest BCUT2D eigenvalue weighted by Crippen LogP contribution is 2.13. The number of hydrogen-bond donors (Lipinski definition) is 1. The summed E-state index contributed by atoms with van der Waals surface area (Å²) in [5, 5.41) is 14.1. The molecule has 1 N–H and O–H groups in total. The first kappa shape index (κ1) is 14.5. The number of ether oxygens (including phenoxy) is 1. The summed E-state index contributed by atoms with van der Waals surface area (Å²) in [6.07, 6.45) is 2.14. The molecular weight excluding hydrogens is 254 g/mol. The molecule has 1 heterocycles. The average Bonchev–Trinajstić information content (AvgIpc) is 2.86. The van der Waals surface area contributed by atoms with Crippen LogP contribution < -0.4 is 4.74 Å². The van der Waals surface area contributed by atoms with Gasteiger partial charge in [0.2, 0.25) is 0 Å². The van der Waals surface area contributed by atoms with E-state index in [1.54, 1.807) is 4.68 Å². The van der Waals surface area contributed by atoms with Crippen molar-refractivity contribution in [2.24, 2.45) is 0 Å². The van der Waals surface area contributed by atoms with Crippen molar-refractivity contribution >= 4 is 0 Å². The Morgan fingerprint density at radius 3 is 3.00 bits per heavy atom. The molecule has 5 nitrogen and oxygen atoms in total. The van der Waals surface area contributed by atoms with Gasteiger partial charge in [0.05, 0.1) is 12.7 Å². The monoisotopic (exact) mass is 275 g/mol. The molecule has 1 aromatic heterocycles. The van der Waals surface area contributed by atoms with Gasteiger partial charge in [0.1, 0.15) is 17.9 Å². The van der Waals surface area contributed by atoms with E-state index in [-0.39, 0.29) is 0 Å². The first-order valence-electron chi connectivity index (χ1n) is 6.93. The van der Waals surface area contributed by atoms with Gasteiger partial charge < -0.3 is 9.84 Å². The van der Waals surface area contributed by atoms with Gasteiger partial charge in [-0.2, -0.15) is 5.10 Å². The van der Waals surface area contributed by atoms with Crippen LogP contribution in [0.1, 0.15) is 24.7 Å². The molecule has 2 rings (SSSR count). The van der Waals surface area contributed by atoms with Gasteiger partial charge in [0, 0.05) is 19.4 Å². The first-order valence-corrected chi connectivity index (χ1v) is 6.93. The van der Waals surface area contributed by atoms with E-state index in [1.807, 2.05) is 38.1 Å². The van der Waals surface area contributed by atoms with Gasteiger partial charge in [-0.1, -0.05) is 12.1 Å². The normalized spacial score (nSPS) is 12.3. The Labute approximate surface area is 119 Å². The van der Waals surface area contributed by atoms with Gasteiger partial charge in [-0.05, 0) is 31.5 Å². The first-order chi connectivity index (χ1) is 9.69. The van der Waals surface area contributed by atoms with Crippen LogP contribution in [0.3, 0.4) is 0 Å². The summed E-state index contributed by atoms with van der Waals surface area (Å²) in [6, 6.07) is 7.90. The average molecular weight is 275 g/mol. The van der Waals surface area contributed by atoms with E-state index in [0.717, 1.165) is 18.1 Å². The lowest BCUT2D eigenvalue weighted by atomic mass is 10.2. The van der Waals surface area contributed by atoms with Crippen molar-refractivity contribution in [2.45, 2.75) is 39.3 Å². The molecule has 2 aromatic rings. The van der Waals surface area contributed by atoms with Gasteiger partial charge in [0.15, 0.2) is 0 Å². The molecule has 0 saturated carbocycles. The molecule has 5 heteroatoms. The summed E-state index contributed by atoms with van der Waals surface area (Å²) in [5.41, 5.74) is 1.17. The van der Waals surface area contributed by atoms with Crippen LogP contribution in [0.25, 0.3) is 0 Å². The Morgan fingerprint density at radius 2 is 2.25 bits per heavy atom. The minimum absolute atomic E-state index is 0.464. The summed E-state index contributed by atoms with van der Waals surface area (Å²) in [6.45, 7) is 5.29. The number of aryl methyl sites for hydroxylation is 2. The smallest absolute Gasteiger partial charge is 0.138 e. The number of aliphatic hydroxyl groups excluding tert-OH is 1. The summed E-state index contributed by atoms with van der Waals surface area (Å²) in [7, 11) is 0. The molecule has 0 spiro atoms. The van der Waals surface area contributed by atoms with Gasteiger partial charge in [0.25, 0.3) is 0 Å². The van der Waals surface area contributed by atoms with Crippen LogP contribution in [-0.2, 0) is 13.0 Å². The second kappa shape index (κ2) is 7.05. The maximum Gasteiger partial charge on any atom is 0.138 e. The van der Waals surface area contributed by atoms with Crippen LogP contribution in [0, 0.1) is 6.92 Å². The lowest BCUT2D eigenvalue weighted by Gasteiger charge is -2.12. The zero-order valence-electron chi connectivity index (χ0n) is 12.0. The number of aromatic nitrogens is 3. The third-order valence-electron chi connectivity index (χ3n) is 3.12. The maximum absolute atomic E-state index is 10.0. The molecule has 0 fully saturated rings. The maximum atomic E-state index is 10.0. The molecular formula is C15H21N3O2. The van der Waals surface area contributed by atoms with Crippen LogP contribution in [0.2, 0.25) is 0 Å². The minimum Gasteiger partial charge on any atom is -0.493 e.